The summed E-state index contributed by atoms with van der Waals surface area (Å²) in [5.41, 5.74) is 2.21. The highest BCUT2D eigenvalue weighted by molar-refractivity contribution is 5.53. The van der Waals surface area contributed by atoms with E-state index in [1.165, 1.54) is 6.07 Å². The fraction of sp³-hybridized carbons (Fsp3) is 0.200. The van der Waals surface area contributed by atoms with Crippen molar-refractivity contribution in [3.63, 3.8) is 0 Å². The number of halogens is 1. The number of aliphatic hydroxyl groups is 1. The number of anilines is 1. The summed E-state index contributed by atoms with van der Waals surface area (Å²) in [4.78, 5) is 1.93. The zero-order valence-electron chi connectivity index (χ0n) is 10.3. The van der Waals surface area contributed by atoms with Crippen LogP contribution in [0.25, 0.3) is 0 Å². The van der Waals surface area contributed by atoms with Crippen molar-refractivity contribution in [3.05, 3.63) is 65.5 Å². The van der Waals surface area contributed by atoms with Gasteiger partial charge in [0, 0.05) is 24.8 Å². The molecule has 2 rings (SSSR count). The molecule has 0 aliphatic heterocycles. The Labute approximate surface area is 106 Å². The molecule has 3 heteroatoms. The van der Waals surface area contributed by atoms with Crippen molar-refractivity contribution in [2.75, 3.05) is 11.9 Å². The van der Waals surface area contributed by atoms with Gasteiger partial charge >= 0.3 is 0 Å². The maximum absolute atomic E-state index is 13.6. The van der Waals surface area contributed by atoms with Gasteiger partial charge in [-0.15, -0.1) is 0 Å². The Kier molecular flexibility index (Phi) is 3.95. The van der Waals surface area contributed by atoms with E-state index in [9.17, 15) is 9.50 Å². The fourth-order valence-corrected chi connectivity index (χ4v) is 2.00. The van der Waals surface area contributed by atoms with E-state index in [1.807, 2.05) is 48.3 Å². The topological polar surface area (TPSA) is 23.5 Å². The minimum Gasteiger partial charge on any atom is -0.391 e. The van der Waals surface area contributed by atoms with Crippen LogP contribution in [0.3, 0.4) is 0 Å². The number of nitrogens with zero attached hydrogens (tertiary/aromatic N) is 1. The highest BCUT2D eigenvalue weighted by atomic mass is 19.1. The standard InChI is InChI=1S/C15H16FNO/c1-17(10-12-6-3-2-4-7-12)15-9-5-8-14(16)13(15)11-18/h2-9,18H,10-11H2,1H3. The normalized spacial score (nSPS) is 10.4. The summed E-state index contributed by atoms with van der Waals surface area (Å²) in [7, 11) is 1.89. The highest BCUT2D eigenvalue weighted by Gasteiger charge is 2.11. The molecule has 0 aliphatic carbocycles. The van der Waals surface area contributed by atoms with Crippen molar-refractivity contribution in [1.82, 2.24) is 0 Å². The first kappa shape index (κ1) is 12.6. The molecule has 0 saturated carbocycles. The quantitative estimate of drug-likeness (QED) is 0.895. The Morgan fingerprint density at radius 3 is 2.44 bits per heavy atom. The molecule has 0 bridgehead atoms. The summed E-state index contributed by atoms with van der Waals surface area (Å²) in [5, 5.41) is 9.25. The second kappa shape index (κ2) is 5.65. The molecule has 2 aromatic carbocycles. The lowest BCUT2D eigenvalue weighted by molar-refractivity contribution is 0.276. The van der Waals surface area contributed by atoms with Gasteiger partial charge in [-0.25, -0.2) is 4.39 Å². The molecule has 0 amide bonds. The van der Waals surface area contributed by atoms with E-state index in [4.69, 9.17) is 0 Å². The number of hydrogen-bond donors (Lipinski definition) is 1. The van der Waals surface area contributed by atoms with Crippen LogP contribution in [0.4, 0.5) is 10.1 Å². The van der Waals surface area contributed by atoms with E-state index in [2.05, 4.69) is 0 Å². The van der Waals surface area contributed by atoms with E-state index in [1.54, 1.807) is 6.07 Å². The summed E-state index contributed by atoms with van der Waals surface area (Å²) >= 11 is 0. The van der Waals surface area contributed by atoms with Gasteiger partial charge < -0.3 is 10.0 Å². The van der Waals surface area contributed by atoms with Crippen molar-refractivity contribution in [3.8, 4) is 0 Å². The molecule has 0 radical (unpaired) electrons. The van der Waals surface area contributed by atoms with Crippen LogP contribution < -0.4 is 4.90 Å². The predicted molar refractivity (Wildman–Crippen MR) is 70.9 cm³/mol. The summed E-state index contributed by atoms with van der Waals surface area (Å²) < 4.78 is 13.6. The third-order valence-corrected chi connectivity index (χ3v) is 2.93. The average molecular weight is 245 g/mol. The molecule has 0 saturated heterocycles. The zero-order chi connectivity index (χ0) is 13.0. The summed E-state index contributed by atoms with van der Waals surface area (Å²) in [5.74, 6) is -0.366. The average Bonchev–Trinajstić information content (AvgIpc) is 2.39. The van der Waals surface area contributed by atoms with Crippen LogP contribution >= 0.6 is 0 Å². The van der Waals surface area contributed by atoms with Gasteiger partial charge in [-0.2, -0.15) is 0 Å². The van der Waals surface area contributed by atoms with Crippen LogP contribution in [-0.4, -0.2) is 12.2 Å². The van der Waals surface area contributed by atoms with Gasteiger partial charge in [0.2, 0.25) is 0 Å². The number of aliphatic hydroxyl groups excluding tert-OH is 1. The molecular formula is C15H16FNO. The second-order valence-corrected chi connectivity index (χ2v) is 4.24. The Morgan fingerprint density at radius 2 is 1.78 bits per heavy atom. The Morgan fingerprint density at radius 1 is 1.06 bits per heavy atom. The molecule has 2 nitrogen and oxygen atoms in total. The monoisotopic (exact) mass is 245 g/mol. The number of hydrogen-bond acceptors (Lipinski definition) is 2. The molecule has 0 atom stereocenters. The molecule has 0 fully saturated rings. The zero-order valence-corrected chi connectivity index (χ0v) is 10.3. The first-order chi connectivity index (χ1) is 8.72. The van der Waals surface area contributed by atoms with Crippen LogP contribution in [0.1, 0.15) is 11.1 Å². The van der Waals surface area contributed by atoms with Gasteiger partial charge in [-0.3, -0.25) is 0 Å². The van der Waals surface area contributed by atoms with Crippen molar-refractivity contribution >= 4 is 5.69 Å². The van der Waals surface area contributed by atoms with Crippen molar-refractivity contribution in [1.29, 1.82) is 0 Å². The SMILES string of the molecule is CN(Cc1ccccc1)c1cccc(F)c1CO. The third-order valence-electron chi connectivity index (χ3n) is 2.93. The molecule has 0 unspecified atom stereocenters. The molecule has 18 heavy (non-hydrogen) atoms. The van der Waals surface area contributed by atoms with E-state index in [0.717, 1.165) is 11.3 Å². The van der Waals surface area contributed by atoms with E-state index < -0.39 is 0 Å². The lowest BCUT2D eigenvalue weighted by atomic mass is 10.1. The Bertz CT molecular complexity index is 513. The van der Waals surface area contributed by atoms with Crippen molar-refractivity contribution in [2.24, 2.45) is 0 Å². The largest absolute Gasteiger partial charge is 0.391 e. The minimum absolute atomic E-state index is 0.291. The Balaban J connectivity index is 2.24. The van der Waals surface area contributed by atoms with Crippen molar-refractivity contribution in [2.45, 2.75) is 13.2 Å². The van der Waals surface area contributed by atoms with Gasteiger partial charge in [0.05, 0.1) is 6.61 Å². The first-order valence-electron chi connectivity index (χ1n) is 5.85. The molecule has 0 heterocycles. The van der Waals surface area contributed by atoms with E-state index in [-0.39, 0.29) is 12.4 Å². The molecule has 0 aliphatic rings. The van der Waals surface area contributed by atoms with Gasteiger partial charge in [-0.1, -0.05) is 36.4 Å². The fourth-order valence-electron chi connectivity index (χ4n) is 2.00. The lowest BCUT2D eigenvalue weighted by Crippen LogP contribution is -2.18. The minimum atomic E-state index is -0.366. The van der Waals surface area contributed by atoms with Crippen LogP contribution in [-0.2, 0) is 13.2 Å². The molecule has 0 spiro atoms. The van der Waals surface area contributed by atoms with E-state index in [0.29, 0.717) is 12.1 Å². The van der Waals surface area contributed by atoms with Crippen LogP contribution in [0.15, 0.2) is 48.5 Å². The number of benzene rings is 2. The highest BCUT2D eigenvalue weighted by Crippen LogP contribution is 2.23. The lowest BCUT2D eigenvalue weighted by Gasteiger charge is -2.22. The summed E-state index contributed by atoms with van der Waals surface area (Å²) in [6.45, 7) is 0.387. The van der Waals surface area contributed by atoms with Crippen LogP contribution in [0.2, 0.25) is 0 Å². The maximum atomic E-state index is 13.6. The number of rotatable bonds is 4. The third kappa shape index (κ3) is 2.68. The molecule has 0 aromatic heterocycles. The first-order valence-corrected chi connectivity index (χ1v) is 5.85. The van der Waals surface area contributed by atoms with Crippen LogP contribution in [0.5, 0.6) is 0 Å². The van der Waals surface area contributed by atoms with Gasteiger partial charge in [0.1, 0.15) is 5.82 Å². The Hall–Kier alpha value is -1.87. The summed E-state index contributed by atoms with van der Waals surface area (Å²) in [6, 6.07) is 14.8. The molecule has 2 aromatic rings. The smallest absolute Gasteiger partial charge is 0.130 e. The van der Waals surface area contributed by atoms with Gasteiger partial charge in [-0.05, 0) is 17.7 Å². The predicted octanol–water partition coefficient (Wildman–Crippen LogP) is 2.95. The molecule has 94 valence electrons. The van der Waals surface area contributed by atoms with Crippen molar-refractivity contribution < 1.29 is 9.50 Å². The van der Waals surface area contributed by atoms with Gasteiger partial charge in [0.15, 0.2) is 0 Å². The van der Waals surface area contributed by atoms with Crippen LogP contribution in [0, 0.1) is 5.82 Å². The second-order valence-electron chi connectivity index (χ2n) is 4.24. The van der Waals surface area contributed by atoms with Gasteiger partial charge in [0.25, 0.3) is 0 Å². The molecule has 1 N–H and O–H groups in total. The van der Waals surface area contributed by atoms with E-state index >= 15 is 0 Å². The summed E-state index contributed by atoms with van der Waals surface area (Å²) in [6.07, 6.45) is 0. The molecular weight excluding hydrogens is 229 g/mol. The maximum Gasteiger partial charge on any atom is 0.130 e.